The second kappa shape index (κ2) is 6.62. The van der Waals surface area contributed by atoms with E-state index in [1.807, 2.05) is 18.2 Å². The van der Waals surface area contributed by atoms with Gasteiger partial charge in [0.15, 0.2) is 11.5 Å². The molecule has 0 spiro atoms. The number of aryl methyl sites for hydroxylation is 1. The molecule has 0 aliphatic rings. The average molecular weight is 295 g/mol. The van der Waals surface area contributed by atoms with Crippen LogP contribution in [0.2, 0.25) is 0 Å². The van der Waals surface area contributed by atoms with Crippen LogP contribution in [0.25, 0.3) is 0 Å². The summed E-state index contributed by atoms with van der Waals surface area (Å²) in [5, 5.41) is 0. The molecule has 0 aromatic heterocycles. The van der Waals surface area contributed by atoms with E-state index in [2.05, 4.69) is 6.92 Å². The lowest BCUT2D eigenvalue weighted by Crippen LogP contribution is -1.96. The number of hydrogen-bond acceptors (Lipinski definition) is 2. The third kappa shape index (κ3) is 3.05. The first-order valence-electron chi connectivity index (χ1n) is 6.37. The van der Waals surface area contributed by atoms with Crippen LogP contribution < -0.4 is 9.47 Å². The molecule has 2 rings (SSSR count). The fraction of sp³-hybridized carbons (Fsp3) is 0.250. The van der Waals surface area contributed by atoms with Crippen molar-refractivity contribution in [1.82, 2.24) is 0 Å². The van der Waals surface area contributed by atoms with Crippen LogP contribution in [0.4, 0.5) is 4.39 Å². The summed E-state index contributed by atoms with van der Waals surface area (Å²) in [5.74, 6) is 1.25. The molecule has 0 fully saturated rings. The van der Waals surface area contributed by atoms with E-state index in [9.17, 15) is 4.39 Å². The van der Waals surface area contributed by atoms with E-state index < -0.39 is 0 Å². The number of benzene rings is 2. The Labute approximate surface area is 123 Å². The number of ether oxygens (including phenoxy) is 2. The molecular weight excluding hydrogens is 279 g/mol. The van der Waals surface area contributed by atoms with Gasteiger partial charge in [0, 0.05) is 5.56 Å². The summed E-state index contributed by atoms with van der Waals surface area (Å²) in [6, 6.07) is 10.3. The summed E-state index contributed by atoms with van der Waals surface area (Å²) >= 11 is 5.77. The zero-order chi connectivity index (χ0) is 14.5. The summed E-state index contributed by atoms with van der Waals surface area (Å²) in [6.45, 7) is 2.06. The summed E-state index contributed by atoms with van der Waals surface area (Å²) in [6.07, 6.45) is 0.906. The SMILES string of the molecule is CCc1ccc(Oc2cccc(F)c2CCl)c(OC)c1. The normalized spacial score (nSPS) is 10.4. The van der Waals surface area contributed by atoms with Crippen molar-refractivity contribution in [3.8, 4) is 17.2 Å². The second-order valence-corrected chi connectivity index (χ2v) is 4.56. The van der Waals surface area contributed by atoms with Gasteiger partial charge in [0.2, 0.25) is 0 Å². The molecule has 0 bridgehead atoms. The van der Waals surface area contributed by atoms with Gasteiger partial charge in [0.1, 0.15) is 11.6 Å². The predicted molar refractivity (Wildman–Crippen MR) is 78.4 cm³/mol. The van der Waals surface area contributed by atoms with Crippen LogP contribution in [0.15, 0.2) is 36.4 Å². The topological polar surface area (TPSA) is 18.5 Å². The Morgan fingerprint density at radius 3 is 2.55 bits per heavy atom. The molecule has 0 unspecified atom stereocenters. The van der Waals surface area contributed by atoms with Crippen molar-refractivity contribution < 1.29 is 13.9 Å². The minimum atomic E-state index is -0.373. The molecule has 0 atom stereocenters. The molecule has 4 heteroatoms. The lowest BCUT2D eigenvalue weighted by molar-refractivity contribution is 0.376. The van der Waals surface area contributed by atoms with Crippen molar-refractivity contribution in [2.45, 2.75) is 19.2 Å². The van der Waals surface area contributed by atoms with Crippen molar-refractivity contribution >= 4 is 11.6 Å². The highest BCUT2D eigenvalue weighted by molar-refractivity contribution is 6.17. The van der Waals surface area contributed by atoms with Crippen molar-refractivity contribution in [2.75, 3.05) is 7.11 Å². The maximum atomic E-state index is 13.7. The number of halogens is 2. The van der Waals surface area contributed by atoms with Gasteiger partial charge in [-0.15, -0.1) is 11.6 Å². The van der Waals surface area contributed by atoms with Gasteiger partial charge >= 0.3 is 0 Å². The Bertz CT molecular complexity index is 599. The lowest BCUT2D eigenvalue weighted by atomic mass is 10.1. The molecule has 0 saturated carbocycles. The highest BCUT2D eigenvalue weighted by Crippen LogP contribution is 2.35. The van der Waals surface area contributed by atoms with Gasteiger partial charge in [-0.2, -0.15) is 0 Å². The Morgan fingerprint density at radius 1 is 1.10 bits per heavy atom. The van der Waals surface area contributed by atoms with E-state index in [1.165, 1.54) is 6.07 Å². The predicted octanol–water partition coefficient (Wildman–Crippen LogP) is 4.93. The molecule has 0 heterocycles. The van der Waals surface area contributed by atoms with Crippen LogP contribution in [0.5, 0.6) is 17.2 Å². The molecule has 106 valence electrons. The largest absolute Gasteiger partial charge is 0.493 e. The van der Waals surface area contributed by atoms with Crippen LogP contribution in [0.1, 0.15) is 18.1 Å². The average Bonchev–Trinajstić information content (AvgIpc) is 2.48. The molecule has 20 heavy (non-hydrogen) atoms. The number of alkyl halides is 1. The van der Waals surface area contributed by atoms with Crippen LogP contribution in [0, 0.1) is 5.82 Å². The Hall–Kier alpha value is -1.74. The summed E-state index contributed by atoms with van der Waals surface area (Å²) in [5.41, 5.74) is 1.49. The van der Waals surface area contributed by atoms with E-state index in [4.69, 9.17) is 21.1 Å². The summed E-state index contributed by atoms with van der Waals surface area (Å²) in [7, 11) is 1.58. The van der Waals surface area contributed by atoms with Gasteiger partial charge < -0.3 is 9.47 Å². The maximum Gasteiger partial charge on any atom is 0.169 e. The maximum absolute atomic E-state index is 13.7. The third-order valence-corrected chi connectivity index (χ3v) is 3.33. The van der Waals surface area contributed by atoms with Crippen molar-refractivity contribution in [3.63, 3.8) is 0 Å². The molecule has 0 aliphatic heterocycles. The number of hydrogen-bond donors (Lipinski definition) is 0. The van der Waals surface area contributed by atoms with Crippen molar-refractivity contribution in [3.05, 3.63) is 53.3 Å². The molecule has 0 amide bonds. The molecule has 2 aromatic rings. The highest BCUT2D eigenvalue weighted by atomic mass is 35.5. The van der Waals surface area contributed by atoms with Gasteiger partial charge in [-0.05, 0) is 36.2 Å². The van der Waals surface area contributed by atoms with Crippen molar-refractivity contribution in [1.29, 1.82) is 0 Å². The fourth-order valence-corrected chi connectivity index (χ4v) is 2.16. The molecular formula is C16H16ClFO2. The lowest BCUT2D eigenvalue weighted by Gasteiger charge is -2.14. The Morgan fingerprint density at radius 2 is 1.90 bits per heavy atom. The molecule has 0 aliphatic carbocycles. The molecule has 0 radical (unpaired) electrons. The highest BCUT2D eigenvalue weighted by Gasteiger charge is 2.12. The minimum Gasteiger partial charge on any atom is -0.493 e. The summed E-state index contributed by atoms with van der Waals surface area (Å²) < 4.78 is 24.7. The van der Waals surface area contributed by atoms with Gasteiger partial charge in [0.25, 0.3) is 0 Å². The van der Waals surface area contributed by atoms with Crippen LogP contribution in [-0.2, 0) is 12.3 Å². The Balaban J connectivity index is 2.37. The first-order valence-corrected chi connectivity index (χ1v) is 6.91. The van der Waals surface area contributed by atoms with E-state index in [0.717, 1.165) is 12.0 Å². The van der Waals surface area contributed by atoms with Crippen LogP contribution >= 0.6 is 11.6 Å². The van der Waals surface area contributed by atoms with E-state index >= 15 is 0 Å². The smallest absolute Gasteiger partial charge is 0.169 e. The zero-order valence-electron chi connectivity index (χ0n) is 11.5. The molecule has 2 aromatic carbocycles. The molecule has 0 N–H and O–H groups in total. The first kappa shape index (κ1) is 14.7. The molecule has 0 saturated heterocycles. The third-order valence-electron chi connectivity index (χ3n) is 3.07. The van der Waals surface area contributed by atoms with Gasteiger partial charge in [0.05, 0.1) is 13.0 Å². The van der Waals surface area contributed by atoms with Crippen LogP contribution in [0.3, 0.4) is 0 Å². The summed E-state index contributed by atoms with van der Waals surface area (Å²) in [4.78, 5) is 0. The van der Waals surface area contributed by atoms with E-state index in [-0.39, 0.29) is 11.7 Å². The first-order chi connectivity index (χ1) is 9.69. The fourth-order valence-electron chi connectivity index (χ4n) is 1.90. The van der Waals surface area contributed by atoms with Gasteiger partial charge in [-0.25, -0.2) is 4.39 Å². The monoisotopic (exact) mass is 294 g/mol. The minimum absolute atomic E-state index is 0.0529. The van der Waals surface area contributed by atoms with E-state index in [0.29, 0.717) is 22.8 Å². The van der Waals surface area contributed by atoms with Crippen molar-refractivity contribution in [2.24, 2.45) is 0 Å². The Kier molecular flexibility index (Phi) is 4.85. The van der Waals surface area contributed by atoms with E-state index in [1.54, 1.807) is 19.2 Å². The number of rotatable bonds is 5. The van der Waals surface area contributed by atoms with Gasteiger partial charge in [-0.3, -0.25) is 0 Å². The van der Waals surface area contributed by atoms with Crippen LogP contribution in [-0.4, -0.2) is 7.11 Å². The standard InChI is InChI=1S/C16H16ClFO2/c1-3-11-7-8-15(16(9-11)19-2)20-14-6-4-5-13(18)12(14)10-17/h4-9H,3,10H2,1-2H3. The second-order valence-electron chi connectivity index (χ2n) is 4.29. The molecule has 2 nitrogen and oxygen atoms in total. The number of methoxy groups -OCH3 is 1. The zero-order valence-corrected chi connectivity index (χ0v) is 12.2. The van der Waals surface area contributed by atoms with Gasteiger partial charge in [-0.1, -0.05) is 19.1 Å². The quantitative estimate of drug-likeness (QED) is 0.728.